The Bertz CT molecular complexity index is 1100. The highest BCUT2D eigenvalue weighted by Crippen LogP contribution is 2.21. The number of carbonyl (C=O) groups is 1. The summed E-state index contributed by atoms with van der Waals surface area (Å²) in [6.45, 7) is 5.65. The molecule has 1 fully saturated rings. The minimum atomic E-state index is -0.0422. The average molecular weight is 466 g/mol. The van der Waals surface area contributed by atoms with Gasteiger partial charge in [0.15, 0.2) is 0 Å². The van der Waals surface area contributed by atoms with Crippen molar-refractivity contribution < 1.29 is 9.53 Å². The summed E-state index contributed by atoms with van der Waals surface area (Å²) in [6.07, 6.45) is 4.66. The van der Waals surface area contributed by atoms with Gasteiger partial charge < -0.3 is 14.6 Å². The highest BCUT2D eigenvalue weighted by atomic mass is 32.1. The van der Waals surface area contributed by atoms with Crippen LogP contribution in [-0.4, -0.2) is 34.5 Å². The Hall–Kier alpha value is -2.90. The predicted molar refractivity (Wildman–Crippen MR) is 132 cm³/mol. The van der Waals surface area contributed by atoms with Crippen LogP contribution in [0.4, 0.5) is 0 Å². The number of hydrogen-bond donors (Lipinski definition) is 1. The molecule has 0 saturated carbocycles. The lowest BCUT2D eigenvalue weighted by Gasteiger charge is -2.31. The first-order chi connectivity index (χ1) is 16.0. The fourth-order valence-electron chi connectivity index (χ4n) is 4.12. The quantitative estimate of drug-likeness (QED) is 0.522. The molecular weight excluding hydrogens is 434 g/mol. The van der Waals surface area contributed by atoms with Crippen LogP contribution in [0.5, 0.6) is 5.75 Å². The van der Waals surface area contributed by atoms with Crippen molar-refractivity contribution in [3.63, 3.8) is 0 Å². The molecular formula is C26H31N3O3S. The van der Waals surface area contributed by atoms with Crippen LogP contribution < -0.4 is 15.6 Å². The zero-order chi connectivity index (χ0) is 23.0. The van der Waals surface area contributed by atoms with Gasteiger partial charge in [0.05, 0.1) is 0 Å². The maximum absolute atomic E-state index is 12.5. The zero-order valence-corrected chi connectivity index (χ0v) is 19.9. The number of nitrogens with one attached hydrogen (secondary N) is 1. The van der Waals surface area contributed by atoms with Gasteiger partial charge in [-0.3, -0.25) is 14.5 Å². The normalized spacial score (nSPS) is 14.8. The summed E-state index contributed by atoms with van der Waals surface area (Å²) in [5.74, 6) is 0.658. The molecule has 1 amide bonds. The number of thiophene rings is 1. The van der Waals surface area contributed by atoms with Gasteiger partial charge in [0, 0.05) is 61.2 Å². The van der Waals surface area contributed by atoms with Crippen LogP contribution in [0, 0.1) is 0 Å². The van der Waals surface area contributed by atoms with E-state index in [0.29, 0.717) is 24.9 Å². The summed E-state index contributed by atoms with van der Waals surface area (Å²) in [5, 5.41) is 3.03. The standard InChI is InChI=1S/C26H31N3O3S/c1-20(30)27-22-9-13-28(14-10-22)18-25-8-7-24(33-25)12-16-29-15-11-23(17-26(29)31)32-19-21-5-3-2-4-6-21/h2-8,11,15,17,22H,9-10,12-14,16,18-19H2,1H3,(H,27,30). The van der Waals surface area contributed by atoms with E-state index in [1.165, 1.54) is 9.75 Å². The highest BCUT2D eigenvalue weighted by molar-refractivity contribution is 7.11. The number of aromatic nitrogens is 1. The molecule has 4 rings (SSSR count). The van der Waals surface area contributed by atoms with Crippen LogP contribution in [-0.2, 0) is 30.9 Å². The van der Waals surface area contributed by atoms with Crippen LogP contribution in [0.15, 0.2) is 65.6 Å². The molecule has 2 aromatic heterocycles. The minimum absolute atomic E-state index is 0.0422. The van der Waals surface area contributed by atoms with E-state index in [2.05, 4.69) is 22.3 Å². The molecule has 1 aliphatic heterocycles. The van der Waals surface area contributed by atoms with Gasteiger partial charge in [0.1, 0.15) is 12.4 Å². The van der Waals surface area contributed by atoms with Crippen molar-refractivity contribution in [1.82, 2.24) is 14.8 Å². The topological polar surface area (TPSA) is 63.6 Å². The number of amides is 1. The number of nitrogens with zero attached hydrogens (tertiary/aromatic N) is 2. The van der Waals surface area contributed by atoms with E-state index in [9.17, 15) is 9.59 Å². The second-order valence-corrected chi connectivity index (χ2v) is 9.79. The number of rotatable bonds is 9. The van der Waals surface area contributed by atoms with Crippen LogP contribution in [0.25, 0.3) is 0 Å². The van der Waals surface area contributed by atoms with Gasteiger partial charge in [-0.25, -0.2) is 0 Å². The molecule has 6 nitrogen and oxygen atoms in total. The molecule has 0 unspecified atom stereocenters. The summed E-state index contributed by atoms with van der Waals surface area (Å²) in [7, 11) is 0. The Morgan fingerprint density at radius 3 is 2.58 bits per heavy atom. The molecule has 1 aromatic carbocycles. The lowest BCUT2D eigenvalue weighted by molar-refractivity contribution is -0.119. The van der Waals surface area contributed by atoms with Crippen molar-refractivity contribution in [1.29, 1.82) is 0 Å². The number of hydrogen-bond acceptors (Lipinski definition) is 5. The Kier molecular flexibility index (Phi) is 7.96. The molecule has 0 atom stereocenters. The second-order valence-electron chi connectivity index (χ2n) is 8.54. The van der Waals surface area contributed by atoms with Gasteiger partial charge >= 0.3 is 0 Å². The first-order valence-electron chi connectivity index (χ1n) is 11.5. The number of benzene rings is 1. The fraction of sp³-hybridized carbons (Fsp3) is 0.385. The van der Waals surface area contributed by atoms with Crippen LogP contribution in [0.3, 0.4) is 0 Å². The lowest BCUT2D eigenvalue weighted by atomic mass is 10.1. The number of carbonyl (C=O) groups excluding carboxylic acids is 1. The van der Waals surface area contributed by atoms with Crippen molar-refractivity contribution in [3.05, 3.63) is 86.5 Å². The Labute approximate surface area is 198 Å². The average Bonchev–Trinajstić information content (AvgIpc) is 3.26. The van der Waals surface area contributed by atoms with E-state index >= 15 is 0 Å². The Balaban J connectivity index is 1.23. The first-order valence-corrected chi connectivity index (χ1v) is 12.3. The fourth-order valence-corrected chi connectivity index (χ4v) is 5.17. The maximum Gasteiger partial charge on any atom is 0.254 e. The number of pyridine rings is 1. The molecule has 3 heterocycles. The van der Waals surface area contributed by atoms with E-state index < -0.39 is 0 Å². The predicted octanol–water partition coefficient (Wildman–Crippen LogP) is 3.83. The minimum Gasteiger partial charge on any atom is -0.489 e. The number of likely N-dealkylation sites (tertiary alicyclic amines) is 1. The molecule has 174 valence electrons. The third-order valence-electron chi connectivity index (χ3n) is 5.91. The van der Waals surface area contributed by atoms with Crippen LogP contribution in [0.1, 0.15) is 35.1 Å². The molecule has 0 radical (unpaired) electrons. The molecule has 0 bridgehead atoms. The summed E-state index contributed by atoms with van der Waals surface area (Å²) >= 11 is 1.82. The molecule has 1 N–H and O–H groups in total. The molecule has 3 aromatic rings. The molecule has 7 heteroatoms. The largest absolute Gasteiger partial charge is 0.489 e. The van der Waals surface area contributed by atoms with Crippen LogP contribution >= 0.6 is 11.3 Å². The van der Waals surface area contributed by atoms with Crippen molar-refractivity contribution >= 4 is 17.2 Å². The second kappa shape index (κ2) is 11.3. The number of ether oxygens (including phenoxy) is 1. The van der Waals surface area contributed by atoms with Gasteiger partial charge in [0.2, 0.25) is 5.91 Å². The number of aryl methyl sites for hydroxylation is 2. The molecule has 1 aliphatic rings. The van der Waals surface area contributed by atoms with E-state index in [4.69, 9.17) is 4.74 Å². The molecule has 33 heavy (non-hydrogen) atoms. The SMILES string of the molecule is CC(=O)NC1CCN(Cc2ccc(CCn3ccc(OCc4ccccc4)cc3=O)s2)CC1. The lowest BCUT2D eigenvalue weighted by Crippen LogP contribution is -2.43. The van der Waals surface area contributed by atoms with Crippen molar-refractivity contribution in [2.24, 2.45) is 0 Å². The van der Waals surface area contributed by atoms with E-state index in [0.717, 1.165) is 44.5 Å². The van der Waals surface area contributed by atoms with Crippen molar-refractivity contribution in [2.45, 2.75) is 51.9 Å². The zero-order valence-electron chi connectivity index (χ0n) is 19.0. The monoisotopic (exact) mass is 465 g/mol. The first kappa shape index (κ1) is 23.3. The summed E-state index contributed by atoms with van der Waals surface area (Å²) in [4.78, 5) is 28.8. The van der Waals surface area contributed by atoms with Crippen molar-refractivity contribution in [2.75, 3.05) is 13.1 Å². The third-order valence-corrected chi connectivity index (χ3v) is 7.04. The van der Waals surface area contributed by atoms with Gasteiger partial charge in [0.25, 0.3) is 5.56 Å². The van der Waals surface area contributed by atoms with Crippen molar-refractivity contribution in [3.8, 4) is 5.75 Å². The molecule has 0 aliphatic carbocycles. The Morgan fingerprint density at radius 2 is 1.85 bits per heavy atom. The summed E-state index contributed by atoms with van der Waals surface area (Å²) in [5.41, 5.74) is 1.03. The van der Waals surface area contributed by atoms with Crippen LogP contribution in [0.2, 0.25) is 0 Å². The van der Waals surface area contributed by atoms with E-state index in [1.54, 1.807) is 17.6 Å². The smallest absolute Gasteiger partial charge is 0.254 e. The Morgan fingerprint density at radius 1 is 1.09 bits per heavy atom. The molecule has 1 saturated heterocycles. The van der Waals surface area contributed by atoms with Gasteiger partial charge in [-0.2, -0.15) is 0 Å². The summed E-state index contributed by atoms with van der Waals surface area (Å²) < 4.78 is 7.49. The van der Waals surface area contributed by atoms with E-state index in [1.807, 2.05) is 53.9 Å². The molecule has 0 spiro atoms. The number of piperidine rings is 1. The van der Waals surface area contributed by atoms with E-state index in [-0.39, 0.29) is 11.5 Å². The summed E-state index contributed by atoms with van der Waals surface area (Å²) in [6, 6.07) is 18.0. The maximum atomic E-state index is 12.5. The highest BCUT2D eigenvalue weighted by Gasteiger charge is 2.20. The van der Waals surface area contributed by atoms with Gasteiger partial charge in [-0.15, -0.1) is 11.3 Å². The van der Waals surface area contributed by atoms with Gasteiger partial charge in [-0.1, -0.05) is 30.3 Å². The third kappa shape index (κ3) is 7.04. The van der Waals surface area contributed by atoms with Gasteiger partial charge in [-0.05, 0) is 43.0 Å².